The summed E-state index contributed by atoms with van der Waals surface area (Å²) in [5, 5.41) is 9.35. The molecule has 2 amide bonds. The van der Waals surface area contributed by atoms with Crippen molar-refractivity contribution in [2.45, 2.75) is 109 Å². The minimum atomic E-state index is -0.900. The van der Waals surface area contributed by atoms with Crippen LogP contribution >= 0.6 is 0 Å². The molecule has 1 saturated carbocycles. The molecule has 0 spiro atoms. The Morgan fingerprint density at radius 1 is 1.05 bits per heavy atom. The molecule has 8 nitrogen and oxygen atoms in total. The Morgan fingerprint density at radius 2 is 1.77 bits per heavy atom. The Bertz CT molecular complexity index is 1180. The van der Waals surface area contributed by atoms with Gasteiger partial charge in [-0.15, -0.1) is 0 Å². The molecule has 43 heavy (non-hydrogen) atoms. The molecule has 236 valence electrons. The normalized spacial score (nSPS) is 17.0. The van der Waals surface area contributed by atoms with Crippen molar-refractivity contribution in [3.05, 3.63) is 65.2 Å². The third-order valence-corrected chi connectivity index (χ3v) is 8.68. The number of carbonyl (C=O) groups excluding carboxylic acids is 3. The van der Waals surface area contributed by atoms with Crippen LogP contribution in [0.3, 0.4) is 0 Å². The Kier molecular flexibility index (Phi) is 13.7. The first-order chi connectivity index (χ1) is 20.7. The summed E-state index contributed by atoms with van der Waals surface area (Å²) in [4.78, 5) is 38.0. The van der Waals surface area contributed by atoms with Crippen LogP contribution in [0.2, 0.25) is 0 Å². The van der Waals surface area contributed by atoms with Gasteiger partial charge < -0.3 is 31.2 Å². The van der Waals surface area contributed by atoms with Gasteiger partial charge in [-0.2, -0.15) is 0 Å². The first-order valence-corrected chi connectivity index (χ1v) is 16.1. The van der Waals surface area contributed by atoms with Crippen molar-refractivity contribution < 1.29 is 19.1 Å². The van der Waals surface area contributed by atoms with E-state index in [0.717, 1.165) is 55.3 Å². The van der Waals surface area contributed by atoms with E-state index >= 15 is 0 Å². The minimum Gasteiger partial charge on any atom is -0.489 e. The summed E-state index contributed by atoms with van der Waals surface area (Å²) in [6.45, 7) is 9.27. The van der Waals surface area contributed by atoms with Crippen LogP contribution in [-0.2, 0) is 33.6 Å². The number of hydrogen-bond donors (Lipinski definition) is 4. The van der Waals surface area contributed by atoms with Crippen molar-refractivity contribution in [2.75, 3.05) is 13.1 Å². The Balaban J connectivity index is 1.56. The molecule has 4 atom stereocenters. The molecule has 2 aromatic rings. The molecule has 0 heterocycles. The Morgan fingerprint density at radius 3 is 2.47 bits per heavy atom. The van der Waals surface area contributed by atoms with Crippen LogP contribution in [0.15, 0.2) is 48.5 Å². The van der Waals surface area contributed by atoms with Crippen LogP contribution in [0, 0.1) is 5.92 Å². The lowest BCUT2D eigenvalue weighted by atomic mass is 9.96. The van der Waals surface area contributed by atoms with Crippen LogP contribution in [0.1, 0.15) is 82.9 Å². The van der Waals surface area contributed by atoms with Crippen molar-refractivity contribution in [1.29, 1.82) is 0 Å². The minimum absolute atomic E-state index is 0.117. The highest BCUT2D eigenvalue weighted by Gasteiger charge is 2.38. The number of aldehydes is 1. The zero-order valence-corrected chi connectivity index (χ0v) is 26.5. The van der Waals surface area contributed by atoms with Crippen molar-refractivity contribution in [3.8, 4) is 5.75 Å². The lowest BCUT2D eigenvalue weighted by molar-refractivity contribution is -0.131. The highest BCUT2D eigenvalue weighted by atomic mass is 16.5. The lowest BCUT2D eigenvalue weighted by Gasteiger charge is -2.26. The smallest absolute Gasteiger partial charge is 0.242 e. The van der Waals surface area contributed by atoms with Crippen LogP contribution < -0.4 is 26.4 Å². The second-order valence-corrected chi connectivity index (χ2v) is 12.2. The van der Waals surface area contributed by atoms with Gasteiger partial charge in [0.25, 0.3) is 0 Å². The van der Waals surface area contributed by atoms with Crippen LogP contribution in [-0.4, -0.2) is 54.9 Å². The van der Waals surface area contributed by atoms with E-state index in [2.05, 4.69) is 48.9 Å². The van der Waals surface area contributed by atoms with Crippen molar-refractivity contribution in [2.24, 2.45) is 11.7 Å². The molecule has 0 aliphatic heterocycles. The average molecular weight is 593 g/mol. The van der Waals surface area contributed by atoms with Gasteiger partial charge >= 0.3 is 0 Å². The van der Waals surface area contributed by atoms with Gasteiger partial charge in [-0.3, -0.25) is 9.59 Å². The van der Waals surface area contributed by atoms with Gasteiger partial charge in [0.15, 0.2) is 0 Å². The van der Waals surface area contributed by atoms with Crippen molar-refractivity contribution in [3.63, 3.8) is 0 Å². The summed E-state index contributed by atoms with van der Waals surface area (Å²) in [5.41, 5.74) is 8.77. The van der Waals surface area contributed by atoms with Crippen LogP contribution in [0.4, 0.5) is 0 Å². The third kappa shape index (κ3) is 10.5. The van der Waals surface area contributed by atoms with Crippen molar-refractivity contribution in [1.82, 2.24) is 16.0 Å². The molecule has 2 aromatic carbocycles. The lowest BCUT2D eigenvalue weighted by Crippen LogP contribution is -2.58. The van der Waals surface area contributed by atoms with Gasteiger partial charge in [-0.25, -0.2) is 0 Å². The zero-order chi connectivity index (χ0) is 31.2. The molecule has 0 aromatic heterocycles. The van der Waals surface area contributed by atoms with Gasteiger partial charge in [0, 0.05) is 19.5 Å². The molecule has 1 aliphatic rings. The fraction of sp³-hybridized carbons (Fsp3) is 0.571. The summed E-state index contributed by atoms with van der Waals surface area (Å²) < 4.78 is 6.23. The predicted octanol–water partition coefficient (Wildman–Crippen LogP) is 4.27. The molecule has 1 fully saturated rings. The second-order valence-electron chi connectivity index (χ2n) is 12.2. The largest absolute Gasteiger partial charge is 0.489 e. The van der Waals surface area contributed by atoms with Crippen molar-refractivity contribution >= 4 is 18.1 Å². The number of para-hydroxylation sites is 1. The highest BCUT2D eigenvalue weighted by molar-refractivity contribution is 5.92. The molecule has 1 aliphatic carbocycles. The molecule has 8 heteroatoms. The van der Waals surface area contributed by atoms with Gasteiger partial charge in [-0.05, 0) is 67.7 Å². The van der Waals surface area contributed by atoms with E-state index < -0.39 is 11.6 Å². The van der Waals surface area contributed by atoms with Gasteiger partial charge in [0.1, 0.15) is 24.2 Å². The average Bonchev–Trinajstić information content (AvgIpc) is 3.47. The zero-order valence-electron chi connectivity index (χ0n) is 26.5. The van der Waals surface area contributed by atoms with Gasteiger partial charge in [0.05, 0.1) is 11.6 Å². The fourth-order valence-corrected chi connectivity index (χ4v) is 5.59. The number of aryl methyl sites for hydroxylation is 2. The van der Waals surface area contributed by atoms with E-state index in [1.807, 2.05) is 43.3 Å². The molecular formula is C35H52N4O4. The second kappa shape index (κ2) is 17.2. The van der Waals surface area contributed by atoms with Crippen LogP contribution in [0.25, 0.3) is 0 Å². The topological polar surface area (TPSA) is 123 Å². The Hall–Kier alpha value is -3.23. The fourth-order valence-electron chi connectivity index (χ4n) is 5.59. The van der Waals surface area contributed by atoms with Gasteiger partial charge in [0.2, 0.25) is 11.8 Å². The monoisotopic (exact) mass is 592 g/mol. The van der Waals surface area contributed by atoms with Crippen LogP contribution in [0.5, 0.6) is 5.75 Å². The molecule has 3 rings (SSSR count). The molecule has 0 bridgehead atoms. The summed E-state index contributed by atoms with van der Waals surface area (Å²) in [6.07, 6.45) is 7.68. The standard InChI is InChI=1S/C35H52N4O4/c1-5-25(3)31(24-40)38-23-26(4)43-32-17-8-7-15-29(32)16-12-20-37-33(41)30(22-28-14-11-13-27(6-2)21-28)39-34(42)35(36)18-9-10-19-35/h7-8,11,13-15,17,21,24-26,30-31,38H,5-6,9-10,12,16,18-20,22-23,36H2,1-4H3,(H,37,41)(H,39,42)/t25?,26-,30+,31+/m0/s1. The van der Waals surface area contributed by atoms with E-state index in [9.17, 15) is 14.4 Å². The quantitative estimate of drug-likeness (QED) is 0.152. The molecule has 0 saturated heterocycles. The van der Waals surface area contributed by atoms with E-state index in [4.69, 9.17) is 10.5 Å². The maximum absolute atomic E-state index is 13.4. The van der Waals surface area contributed by atoms with E-state index in [0.29, 0.717) is 38.8 Å². The van der Waals surface area contributed by atoms with Gasteiger partial charge in [-0.1, -0.05) is 82.5 Å². The maximum atomic E-state index is 13.4. The molecule has 0 radical (unpaired) electrons. The number of hydrogen-bond acceptors (Lipinski definition) is 6. The number of rotatable bonds is 18. The number of amides is 2. The first kappa shape index (κ1) is 34.3. The highest BCUT2D eigenvalue weighted by Crippen LogP contribution is 2.27. The summed E-state index contributed by atoms with van der Waals surface area (Å²) in [6, 6.07) is 15.2. The van der Waals surface area contributed by atoms with E-state index in [-0.39, 0.29) is 29.9 Å². The SMILES string of the molecule is CCc1cccc(C[C@@H](NC(=O)C2(N)CCCC2)C(=O)NCCCc2ccccc2O[C@@H](C)CN[C@H](C=O)C(C)CC)c1. The number of nitrogens with two attached hydrogens (primary N) is 1. The summed E-state index contributed by atoms with van der Waals surface area (Å²) >= 11 is 0. The summed E-state index contributed by atoms with van der Waals surface area (Å²) in [7, 11) is 0. The predicted molar refractivity (Wildman–Crippen MR) is 172 cm³/mol. The number of ether oxygens (including phenoxy) is 1. The van der Waals surface area contributed by atoms with E-state index in [1.54, 1.807) is 0 Å². The number of nitrogens with one attached hydrogen (secondary N) is 3. The van der Waals surface area contributed by atoms with E-state index in [1.165, 1.54) is 5.56 Å². The maximum Gasteiger partial charge on any atom is 0.242 e. The molecule has 1 unspecified atom stereocenters. The number of benzene rings is 2. The molecule has 5 N–H and O–H groups in total. The number of carbonyl (C=O) groups is 3. The summed E-state index contributed by atoms with van der Waals surface area (Å²) in [5.74, 6) is 0.628. The third-order valence-electron chi connectivity index (χ3n) is 8.68. The Labute approximate surface area is 257 Å². The molecular weight excluding hydrogens is 540 g/mol. The first-order valence-electron chi connectivity index (χ1n) is 16.1.